The summed E-state index contributed by atoms with van der Waals surface area (Å²) < 4.78 is 0. The molecule has 0 bridgehead atoms. The molecule has 2 amide bonds. The van der Waals surface area contributed by atoms with Gasteiger partial charge in [-0.25, -0.2) is 0 Å². The Bertz CT molecular complexity index is 1250. The number of nitrogens with zero attached hydrogens (tertiary/aromatic N) is 1. The van der Waals surface area contributed by atoms with Crippen molar-refractivity contribution in [1.29, 1.82) is 0 Å². The molecule has 1 atom stereocenters. The van der Waals surface area contributed by atoms with Crippen LogP contribution in [0.2, 0.25) is 10.0 Å². The van der Waals surface area contributed by atoms with Crippen LogP contribution in [0.15, 0.2) is 58.5 Å². The van der Waals surface area contributed by atoms with Crippen LogP contribution in [0.25, 0.3) is 0 Å². The minimum absolute atomic E-state index is 0.0562. The number of allylic oxidation sites excluding steroid dienone is 1. The fraction of sp³-hybridized carbons (Fsp3) is 0.174. The summed E-state index contributed by atoms with van der Waals surface area (Å²) in [4.78, 5) is 35.9. The van der Waals surface area contributed by atoms with Crippen LogP contribution in [0, 0.1) is 0 Å². The number of carbonyl (C=O) groups is 3. The third-order valence-corrected chi connectivity index (χ3v) is 6.89. The van der Waals surface area contributed by atoms with Gasteiger partial charge in [0.1, 0.15) is 0 Å². The first-order valence-electron chi connectivity index (χ1n) is 10.3. The molecule has 2 aromatic rings. The number of thiocarbonyl (C=S) groups is 1. The number of hydrogen-bond acceptors (Lipinski definition) is 6. The van der Waals surface area contributed by atoms with Gasteiger partial charge in [-0.3, -0.25) is 19.8 Å². The van der Waals surface area contributed by atoms with Gasteiger partial charge in [0.05, 0.1) is 21.0 Å². The third-order valence-electron chi connectivity index (χ3n) is 4.83. The first-order chi connectivity index (χ1) is 16.7. The lowest BCUT2D eigenvalue weighted by Crippen LogP contribution is -2.28. The molecule has 1 aliphatic rings. The monoisotopic (exact) mass is 549 g/mol. The lowest BCUT2D eigenvalue weighted by molar-refractivity contribution is -0.118. The number of nitrogens with one attached hydrogen (secondary N) is 3. The highest BCUT2D eigenvalue weighted by Crippen LogP contribution is 2.41. The summed E-state index contributed by atoms with van der Waals surface area (Å²) in [6, 6.07) is 11.8. The maximum absolute atomic E-state index is 12.9. The molecule has 0 spiro atoms. The van der Waals surface area contributed by atoms with Gasteiger partial charge >= 0.3 is 0 Å². The molecular weight excluding hydrogens is 529 g/mol. The van der Waals surface area contributed by atoms with E-state index in [1.54, 1.807) is 54.8 Å². The Morgan fingerprint density at radius 2 is 1.94 bits per heavy atom. The molecule has 1 heterocycles. The quantitative estimate of drug-likeness (QED) is 0.221. The number of benzene rings is 2. The van der Waals surface area contributed by atoms with Gasteiger partial charge in [-0.2, -0.15) is 5.10 Å². The second kappa shape index (κ2) is 12.2. The summed E-state index contributed by atoms with van der Waals surface area (Å²) >= 11 is 18.7. The Morgan fingerprint density at radius 1 is 1.17 bits per heavy atom. The number of primary amides is 1. The van der Waals surface area contributed by atoms with E-state index in [0.717, 1.165) is 5.56 Å². The molecule has 0 fully saturated rings. The maximum atomic E-state index is 12.9. The van der Waals surface area contributed by atoms with E-state index in [1.807, 2.05) is 0 Å². The molecule has 5 N–H and O–H groups in total. The first kappa shape index (κ1) is 26.7. The molecule has 0 aliphatic carbocycles. The molecule has 2 aromatic carbocycles. The van der Waals surface area contributed by atoms with Gasteiger partial charge in [0.25, 0.3) is 5.91 Å². The van der Waals surface area contributed by atoms with Crippen molar-refractivity contribution in [2.45, 2.75) is 18.6 Å². The van der Waals surface area contributed by atoms with E-state index in [2.05, 4.69) is 21.2 Å². The molecule has 8 nitrogen and oxygen atoms in total. The molecule has 1 unspecified atom stereocenters. The van der Waals surface area contributed by atoms with E-state index >= 15 is 0 Å². The van der Waals surface area contributed by atoms with Crippen LogP contribution in [0.3, 0.4) is 0 Å². The van der Waals surface area contributed by atoms with Crippen molar-refractivity contribution in [3.05, 3.63) is 74.6 Å². The normalized spacial score (nSPS) is 15.4. The van der Waals surface area contributed by atoms with E-state index in [-0.39, 0.29) is 29.8 Å². The second-order valence-corrected chi connectivity index (χ2v) is 9.60. The fourth-order valence-corrected chi connectivity index (χ4v) is 4.64. The van der Waals surface area contributed by atoms with Crippen LogP contribution in [0.1, 0.15) is 34.5 Å². The largest absolute Gasteiger partial charge is 0.370 e. The number of amides is 2. The van der Waals surface area contributed by atoms with Crippen molar-refractivity contribution in [2.75, 3.05) is 11.9 Å². The topological polar surface area (TPSA) is 126 Å². The van der Waals surface area contributed by atoms with Gasteiger partial charge in [0.15, 0.2) is 10.9 Å². The maximum Gasteiger partial charge on any atom is 0.251 e. The standard InChI is InChI=1S/C23H21Cl2N5O3S2/c1-12(16-11-35-21(20(16)32)13-5-6-17(24)18(25)10-13)29-30-23(34)28-15-4-2-3-14(9-15)22(33)27-8-7-19(26)31/h2-6,9-11,21H,7-8H2,1H3,(H2,26,31)(H,27,33)(H2,28,30,34)/b29-12+. The van der Waals surface area contributed by atoms with Crippen molar-refractivity contribution in [3.63, 3.8) is 0 Å². The van der Waals surface area contributed by atoms with Crippen LogP contribution in [-0.2, 0) is 9.59 Å². The minimum atomic E-state index is -0.494. The zero-order chi connectivity index (χ0) is 25.5. The molecule has 0 radical (unpaired) electrons. The Hall–Kier alpha value is -2.92. The Labute approximate surface area is 221 Å². The predicted octanol–water partition coefficient (Wildman–Crippen LogP) is 4.20. The van der Waals surface area contributed by atoms with Crippen molar-refractivity contribution < 1.29 is 14.4 Å². The summed E-state index contributed by atoms with van der Waals surface area (Å²) in [6.07, 6.45) is 0.0562. The second-order valence-electron chi connectivity index (χ2n) is 7.40. The van der Waals surface area contributed by atoms with E-state index in [0.29, 0.717) is 32.6 Å². The number of hydrogen-bond donors (Lipinski definition) is 4. The van der Waals surface area contributed by atoms with Crippen molar-refractivity contribution in [2.24, 2.45) is 10.8 Å². The first-order valence-corrected chi connectivity index (χ1v) is 12.4. The molecule has 3 rings (SSSR count). The Morgan fingerprint density at radius 3 is 2.66 bits per heavy atom. The SMILES string of the molecule is C/C(=N\NC(=S)Nc1cccc(C(=O)NCCC(N)=O)c1)C1=CSC(c2ccc(Cl)c(Cl)c2)C1=O. The van der Waals surface area contributed by atoms with Gasteiger partial charge in [0, 0.05) is 29.8 Å². The van der Waals surface area contributed by atoms with Crippen molar-refractivity contribution in [3.8, 4) is 0 Å². The van der Waals surface area contributed by atoms with E-state index in [9.17, 15) is 14.4 Å². The van der Waals surface area contributed by atoms with E-state index in [1.165, 1.54) is 11.8 Å². The zero-order valence-corrected chi connectivity index (χ0v) is 21.6. The molecule has 1 aliphatic heterocycles. The molecular formula is C23H21Cl2N5O3S2. The molecule has 35 heavy (non-hydrogen) atoms. The van der Waals surface area contributed by atoms with Gasteiger partial charge in [0.2, 0.25) is 5.91 Å². The number of thioether (sulfide) groups is 1. The molecule has 12 heteroatoms. The summed E-state index contributed by atoms with van der Waals surface area (Å²) in [5.41, 5.74) is 10.4. The van der Waals surface area contributed by atoms with Crippen LogP contribution in [-0.4, -0.2) is 35.0 Å². The average Bonchev–Trinajstić information content (AvgIpc) is 3.20. The van der Waals surface area contributed by atoms with E-state index in [4.69, 9.17) is 41.2 Å². The summed E-state index contributed by atoms with van der Waals surface area (Å²) in [6.45, 7) is 1.85. The Balaban J connectivity index is 1.57. The number of Topliss-reactive ketones (excluding diaryl/α,β-unsaturated/α-hetero) is 1. The molecule has 0 saturated heterocycles. The van der Waals surface area contributed by atoms with Gasteiger partial charge in [-0.1, -0.05) is 35.3 Å². The molecule has 0 aromatic heterocycles. The number of hydrazone groups is 1. The lowest BCUT2D eigenvalue weighted by Gasteiger charge is -2.11. The van der Waals surface area contributed by atoms with Crippen LogP contribution >= 0.6 is 47.2 Å². The number of nitrogens with two attached hydrogens (primary N) is 1. The van der Waals surface area contributed by atoms with Crippen molar-refractivity contribution >= 4 is 81.3 Å². The van der Waals surface area contributed by atoms with Gasteiger partial charge < -0.3 is 16.4 Å². The summed E-state index contributed by atoms with van der Waals surface area (Å²) in [5, 5.41) is 12.1. The fourth-order valence-electron chi connectivity index (χ4n) is 3.06. The highest BCUT2D eigenvalue weighted by Gasteiger charge is 2.31. The third kappa shape index (κ3) is 7.28. The summed E-state index contributed by atoms with van der Waals surface area (Å²) in [7, 11) is 0. The van der Waals surface area contributed by atoms with Crippen LogP contribution < -0.4 is 21.8 Å². The molecule has 0 saturated carbocycles. The summed E-state index contributed by atoms with van der Waals surface area (Å²) in [5.74, 6) is -0.930. The highest BCUT2D eigenvalue weighted by atomic mass is 35.5. The van der Waals surface area contributed by atoms with Crippen LogP contribution in [0.5, 0.6) is 0 Å². The van der Waals surface area contributed by atoms with E-state index < -0.39 is 11.2 Å². The number of halogens is 2. The average molecular weight is 550 g/mol. The number of ketones is 1. The van der Waals surface area contributed by atoms with Gasteiger partial charge in [-0.05, 0) is 60.4 Å². The number of carbonyl (C=O) groups excluding carboxylic acids is 3. The zero-order valence-electron chi connectivity index (χ0n) is 18.4. The minimum Gasteiger partial charge on any atom is -0.370 e. The predicted molar refractivity (Wildman–Crippen MR) is 145 cm³/mol. The van der Waals surface area contributed by atoms with Crippen LogP contribution in [0.4, 0.5) is 5.69 Å². The number of rotatable bonds is 8. The number of anilines is 1. The van der Waals surface area contributed by atoms with Gasteiger partial charge in [-0.15, -0.1) is 11.8 Å². The lowest BCUT2D eigenvalue weighted by atomic mass is 10.0. The molecule has 182 valence electrons. The smallest absolute Gasteiger partial charge is 0.251 e. The highest BCUT2D eigenvalue weighted by molar-refractivity contribution is 8.03. The van der Waals surface area contributed by atoms with Crippen molar-refractivity contribution in [1.82, 2.24) is 10.7 Å². The Kier molecular flexibility index (Phi) is 9.27.